The van der Waals surface area contributed by atoms with Crippen LogP contribution in [0.3, 0.4) is 0 Å². The maximum Gasteiger partial charge on any atom is 0.228 e. The number of carbonyl (C=O) groups excluding carboxylic acids is 1. The molecule has 0 bridgehead atoms. The molecule has 2 unspecified atom stereocenters. The first-order valence-electron chi connectivity index (χ1n) is 6.68. The van der Waals surface area contributed by atoms with Crippen molar-refractivity contribution in [3.05, 3.63) is 11.8 Å². The lowest BCUT2D eigenvalue weighted by Gasteiger charge is -2.25. The van der Waals surface area contributed by atoms with Gasteiger partial charge in [0.15, 0.2) is 5.82 Å². The molecule has 4 N–H and O–H groups in total. The van der Waals surface area contributed by atoms with Gasteiger partial charge in [-0.3, -0.25) is 9.89 Å². The van der Waals surface area contributed by atoms with Crippen molar-refractivity contribution in [2.45, 2.75) is 51.5 Å². The molecule has 2 atom stereocenters. The summed E-state index contributed by atoms with van der Waals surface area (Å²) in [5.74, 6) is 1.08. The Morgan fingerprint density at radius 2 is 2.33 bits per heavy atom. The SMILES string of the molecule is CC(C)c1cc(NC(=O)C2CCCC(N)C2)n[nH]1. The molecule has 5 nitrogen and oxygen atoms in total. The minimum absolute atomic E-state index is 0.0351. The summed E-state index contributed by atoms with van der Waals surface area (Å²) in [6.45, 7) is 4.17. The van der Waals surface area contributed by atoms with Crippen LogP contribution in [0.4, 0.5) is 5.82 Å². The highest BCUT2D eigenvalue weighted by Gasteiger charge is 2.25. The molecule has 1 heterocycles. The molecule has 2 rings (SSSR count). The summed E-state index contributed by atoms with van der Waals surface area (Å²) in [7, 11) is 0. The van der Waals surface area contributed by atoms with Gasteiger partial charge in [0.2, 0.25) is 5.91 Å². The van der Waals surface area contributed by atoms with Crippen LogP contribution in [0.5, 0.6) is 0 Å². The van der Waals surface area contributed by atoms with Gasteiger partial charge < -0.3 is 11.1 Å². The first kappa shape index (κ1) is 13.1. The number of anilines is 1. The smallest absolute Gasteiger partial charge is 0.228 e. The van der Waals surface area contributed by atoms with Gasteiger partial charge in [-0.25, -0.2) is 0 Å². The van der Waals surface area contributed by atoms with Crippen LogP contribution < -0.4 is 11.1 Å². The first-order valence-corrected chi connectivity index (χ1v) is 6.68. The molecule has 5 heteroatoms. The van der Waals surface area contributed by atoms with Crippen molar-refractivity contribution < 1.29 is 4.79 Å². The van der Waals surface area contributed by atoms with E-state index in [9.17, 15) is 4.79 Å². The predicted molar refractivity (Wildman–Crippen MR) is 71.2 cm³/mol. The lowest BCUT2D eigenvalue weighted by atomic mass is 9.85. The third kappa shape index (κ3) is 3.10. The maximum atomic E-state index is 12.1. The van der Waals surface area contributed by atoms with E-state index in [0.717, 1.165) is 31.4 Å². The molecule has 18 heavy (non-hydrogen) atoms. The second-order valence-corrected chi connectivity index (χ2v) is 5.48. The fraction of sp³-hybridized carbons (Fsp3) is 0.692. The van der Waals surface area contributed by atoms with Crippen molar-refractivity contribution in [2.24, 2.45) is 11.7 Å². The average Bonchev–Trinajstić information content (AvgIpc) is 2.77. The van der Waals surface area contributed by atoms with Crippen LogP contribution in [0.2, 0.25) is 0 Å². The monoisotopic (exact) mass is 250 g/mol. The molecule has 1 aromatic rings. The minimum atomic E-state index is 0.0351. The Hall–Kier alpha value is -1.36. The average molecular weight is 250 g/mol. The summed E-state index contributed by atoms with van der Waals surface area (Å²) in [6.07, 6.45) is 3.79. The number of aromatic nitrogens is 2. The van der Waals surface area contributed by atoms with Crippen molar-refractivity contribution in [3.8, 4) is 0 Å². The lowest BCUT2D eigenvalue weighted by molar-refractivity contribution is -0.120. The number of aromatic amines is 1. The highest BCUT2D eigenvalue weighted by Crippen LogP contribution is 2.24. The van der Waals surface area contributed by atoms with Crippen LogP contribution in [0.15, 0.2) is 6.07 Å². The molecule has 1 amide bonds. The molecule has 0 aromatic carbocycles. The molecule has 100 valence electrons. The third-order valence-corrected chi connectivity index (χ3v) is 3.56. The number of carbonyl (C=O) groups is 1. The number of H-pyrrole nitrogens is 1. The van der Waals surface area contributed by atoms with E-state index in [4.69, 9.17) is 5.73 Å². The van der Waals surface area contributed by atoms with Gasteiger partial charge in [0, 0.05) is 23.7 Å². The molecule has 1 saturated carbocycles. The molecule has 0 spiro atoms. The minimum Gasteiger partial charge on any atom is -0.328 e. The van der Waals surface area contributed by atoms with Crippen LogP contribution in [-0.2, 0) is 4.79 Å². The number of hydrogen-bond donors (Lipinski definition) is 3. The first-order chi connectivity index (χ1) is 8.56. The zero-order chi connectivity index (χ0) is 13.1. The van der Waals surface area contributed by atoms with Gasteiger partial charge >= 0.3 is 0 Å². The fourth-order valence-electron chi connectivity index (χ4n) is 2.39. The number of hydrogen-bond acceptors (Lipinski definition) is 3. The Morgan fingerprint density at radius 3 is 2.94 bits per heavy atom. The highest BCUT2D eigenvalue weighted by atomic mass is 16.1. The Balaban J connectivity index is 1.93. The van der Waals surface area contributed by atoms with Crippen LogP contribution >= 0.6 is 0 Å². The summed E-state index contributed by atoms with van der Waals surface area (Å²) >= 11 is 0. The van der Waals surface area contributed by atoms with Gasteiger partial charge in [0.1, 0.15) is 0 Å². The predicted octanol–water partition coefficient (Wildman–Crippen LogP) is 1.99. The van der Waals surface area contributed by atoms with Gasteiger partial charge in [-0.2, -0.15) is 5.10 Å². The summed E-state index contributed by atoms with van der Waals surface area (Å²) in [5.41, 5.74) is 6.93. The van der Waals surface area contributed by atoms with Crippen molar-refractivity contribution >= 4 is 11.7 Å². The molecule has 1 aromatic heterocycles. The summed E-state index contributed by atoms with van der Waals surface area (Å²) in [5, 5.41) is 9.91. The third-order valence-electron chi connectivity index (χ3n) is 3.56. The van der Waals surface area contributed by atoms with Gasteiger partial charge in [-0.05, 0) is 25.2 Å². The van der Waals surface area contributed by atoms with Crippen molar-refractivity contribution in [2.75, 3.05) is 5.32 Å². The molecule has 0 radical (unpaired) electrons. The Kier molecular flexibility index (Phi) is 4.01. The highest BCUT2D eigenvalue weighted by molar-refractivity contribution is 5.91. The molecule has 1 fully saturated rings. The van der Waals surface area contributed by atoms with Crippen molar-refractivity contribution in [3.63, 3.8) is 0 Å². The van der Waals surface area contributed by atoms with Crippen LogP contribution in [0.1, 0.15) is 51.1 Å². The van der Waals surface area contributed by atoms with Crippen molar-refractivity contribution in [1.29, 1.82) is 0 Å². The maximum absolute atomic E-state index is 12.1. The van der Waals surface area contributed by atoms with Gasteiger partial charge in [0.05, 0.1) is 0 Å². The number of nitrogens with two attached hydrogens (primary N) is 1. The fourth-order valence-corrected chi connectivity index (χ4v) is 2.39. The molecular formula is C13H22N4O. The van der Waals surface area contributed by atoms with E-state index in [1.807, 2.05) is 6.07 Å². The quantitative estimate of drug-likeness (QED) is 0.767. The van der Waals surface area contributed by atoms with E-state index in [2.05, 4.69) is 29.4 Å². The van der Waals surface area contributed by atoms with E-state index in [1.54, 1.807) is 0 Å². The molecule has 0 saturated heterocycles. The molecule has 0 aliphatic heterocycles. The van der Waals surface area contributed by atoms with E-state index in [0.29, 0.717) is 11.7 Å². The number of nitrogens with zero attached hydrogens (tertiary/aromatic N) is 1. The topological polar surface area (TPSA) is 83.8 Å². The van der Waals surface area contributed by atoms with E-state index in [-0.39, 0.29) is 17.9 Å². The zero-order valence-electron chi connectivity index (χ0n) is 11.1. The summed E-state index contributed by atoms with van der Waals surface area (Å²) in [6, 6.07) is 2.06. The van der Waals surface area contributed by atoms with Crippen LogP contribution in [-0.4, -0.2) is 22.1 Å². The van der Waals surface area contributed by atoms with Crippen LogP contribution in [0, 0.1) is 5.92 Å². The van der Waals surface area contributed by atoms with E-state index >= 15 is 0 Å². The Morgan fingerprint density at radius 1 is 1.56 bits per heavy atom. The standard InChI is InChI=1S/C13H22N4O/c1-8(2)11-7-12(17-16-11)15-13(18)9-4-3-5-10(14)6-9/h7-10H,3-6,14H2,1-2H3,(H2,15,16,17,18). The zero-order valence-corrected chi connectivity index (χ0v) is 11.1. The van der Waals surface area contributed by atoms with Gasteiger partial charge in [-0.1, -0.05) is 20.3 Å². The van der Waals surface area contributed by atoms with Crippen LogP contribution in [0.25, 0.3) is 0 Å². The number of rotatable bonds is 3. The lowest BCUT2D eigenvalue weighted by Crippen LogP contribution is -2.34. The second kappa shape index (κ2) is 5.52. The number of amides is 1. The van der Waals surface area contributed by atoms with E-state index in [1.165, 1.54) is 0 Å². The number of nitrogens with one attached hydrogen (secondary N) is 2. The Labute approximate surface area is 108 Å². The summed E-state index contributed by atoms with van der Waals surface area (Å²) < 4.78 is 0. The molecule has 1 aliphatic rings. The summed E-state index contributed by atoms with van der Waals surface area (Å²) in [4.78, 5) is 12.1. The van der Waals surface area contributed by atoms with Gasteiger partial charge in [-0.15, -0.1) is 0 Å². The molecule has 1 aliphatic carbocycles. The van der Waals surface area contributed by atoms with E-state index < -0.39 is 0 Å². The second-order valence-electron chi connectivity index (χ2n) is 5.48. The van der Waals surface area contributed by atoms with Crippen molar-refractivity contribution in [1.82, 2.24) is 10.2 Å². The largest absolute Gasteiger partial charge is 0.328 e. The Bertz CT molecular complexity index is 413. The van der Waals surface area contributed by atoms with Gasteiger partial charge in [0.25, 0.3) is 0 Å². The molecular weight excluding hydrogens is 228 g/mol. The normalized spacial score (nSPS) is 24.2.